The largest absolute Gasteiger partial charge is 0.367 e. The Bertz CT molecular complexity index is 925. The van der Waals surface area contributed by atoms with E-state index in [1.165, 1.54) is 16.8 Å². The highest BCUT2D eigenvalue weighted by atomic mass is 32.2. The van der Waals surface area contributed by atoms with E-state index in [2.05, 4.69) is 30.8 Å². The second-order valence-corrected chi connectivity index (χ2v) is 7.70. The number of benzene rings is 1. The molecule has 2 heterocycles. The van der Waals surface area contributed by atoms with Crippen molar-refractivity contribution in [2.24, 2.45) is 0 Å². The van der Waals surface area contributed by atoms with E-state index in [1.54, 1.807) is 0 Å². The molecule has 0 bridgehead atoms. The molecule has 0 atom stereocenters. The molecule has 2 N–H and O–H groups in total. The van der Waals surface area contributed by atoms with Crippen molar-refractivity contribution in [3.63, 3.8) is 0 Å². The van der Waals surface area contributed by atoms with Crippen LogP contribution in [0.2, 0.25) is 0 Å². The number of nitrogens with zero attached hydrogens (tertiary/aromatic N) is 6. The van der Waals surface area contributed by atoms with Gasteiger partial charge in [-0.2, -0.15) is 14.8 Å². The van der Waals surface area contributed by atoms with Gasteiger partial charge in [-0.25, -0.2) is 8.42 Å². The van der Waals surface area contributed by atoms with E-state index in [1.807, 2.05) is 30.3 Å². The maximum atomic E-state index is 11.7. The van der Waals surface area contributed by atoms with E-state index in [4.69, 9.17) is 0 Å². The molecule has 1 aromatic heterocycles. The average molecular weight is 374 g/mol. The summed E-state index contributed by atoms with van der Waals surface area (Å²) < 4.78 is 24.8. The monoisotopic (exact) mass is 374 g/mol. The summed E-state index contributed by atoms with van der Waals surface area (Å²) in [5.41, 5.74) is 1.98. The fourth-order valence-corrected chi connectivity index (χ4v) is 3.53. The zero-order valence-electron chi connectivity index (χ0n) is 14.1. The van der Waals surface area contributed by atoms with Gasteiger partial charge in [-0.3, -0.25) is 0 Å². The van der Waals surface area contributed by atoms with E-state index in [0.29, 0.717) is 26.2 Å². The summed E-state index contributed by atoms with van der Waals surface area (Å²) in [4.78, 5) is 2.11. The van der Waals surface area contributed by atoms with Crippen LogP contribution < -0.4 is 10.2 Å². The number of aromatic nitrogens is 4. The minimum atomic E-state index is -3.17. The van der Waals surface area contributed by atoms with Gasteiger partial charge in [0.25, 0.3) is 0 Å². The lowest BCUT2D eigenvalue weighted by Crippen LogP contribution is -2.48. The molecule has 1 aliphatic heterocycles. The Morgan fingerprint density at radius 2 is 2.04 bits per heavy atom. The number of piperazine rings is 1. The minimum Gasteiger partial charge on any atom is -0.367 e. The molecule has 1 aliphatic rings. The number of nitrogens with one attached hydrogen (secondary N) is 2. The average Bonchev–Trinajstić information content (AvgIpc) is 3.16. The second kappa shape index (κ2) is 7.51. The van der Waals surface area contributed by atoms with E-state index in [-0.39, 0.29) is 11.4 Å². The van der Waals surface area contributed by atoms with Crippen molar-refractivity contribution in [1.29, 1.82) is 5.26 Å². The molecule has 1 aromatic carbocycles. The normalized spacial score (nSPS) is 16.3. The number of para-hydroxylation sites is 2. The van der Waals surface area contributed by atoms with Crippen molar-refractivity contribution in [1.82, 2.24) is 24.9 Å². The third kappa shape index (κ3) is 3.98. The Balaban J connectivity index is 1.76. The van der Waals surface area contributed by atoms with E-state index >= 15 is 0 Å². The number of hydrogen-bond acceptors (Lipinski definition) is 8. The highest BCUT2D eigenvalue weighted by Gasteiger charge is 2.24. The van der Waals surface area contributed by atoms with Gasteiger partial charge < -0.3 is 10.2 Å². The molecule has 0 amide bonds. The Morgan fingerprint density at radius 3 is 2.65 bits per heavy atom. The van der Waals surface area contributed by atoms with Crippen molar-refractivity contribution in [2.45, 2.75) is 0 Å². The van der Waals surface area contributed by atoms with Crippen molar-refractivity contribution in [3.05, 3.63) is 36.3 Å². The molecule has 1 saturated heterocycles. The van der Waals surface area contributed by atoms with E-state index < -0.39 is 10.0 Å². The minimum absolute atomic E-state index is 0.208. The van der Waals surface area contributed by atoms with Gasteiger partial charge in [-0.05, 0) is 17.3 Å². The van der Waals surface area contributed by atoms with Gasteiger partial charge in [0.2, 0.25) is 15.8 Å². The summed E-state index contributed by atoms with van der Waals surface area (Å²) in [5.74, 6) is 0.208. The number of rotatable bonds is 5. The zero-order chi connectivity index (χ0) is 18.6. The molecule has 0 saturated carbocycles. The highest BCUT2D eigenvalue weighted by Crippen LogP contribution is 2.27. The molecule has 0 unspecified atom stereocenters. The van der Waals surface area contributed by atoms with Crippen molar-refractivity contribution < 1.29 is 8.42 Å². The quantitative estimate of drug-likeness (QED) is 0.713. The number of nitriles is 1. The smallest absolute Gasteiger partial charge is 0.216 e. The maximum absolute atomic E-state index is 11.7. The first-order chi connectivity index (χ1) is 12.5. The number of aromatic amines is 1. The predicted molar refractivity (Wildman–Crippen MR) is 96.5 cm³/mol. The van der Waals surface area contributed by atoms with Crippen LogP contribution in [0.4, 0.5) is 11.4 Å². The van der Waals surface area contributed by atoms with Gasteiger partial charge in [0, 0.05) is 32.4 Å². The van der Waals surface area contributed by atoms with Gasteiger partial charge in [0.15, 0.2) is 0 Å². The summed E-state index contributed by atoms with van der Waals surface area (Å²) in [7, 11) is -3.17. The lowest BCUT2D eigenvalue weighted by atomic mass is 10.2. The van der Waals surface area contributed by atoms with Crippen LogP contribution in [0.3, 0.4) is 0 Å². The van der Waals surface area contributed by atoms with Crippen LogP contribution >= 0.6 is 0 Å². The molecule has 26 heavy (non-hydrogen) atoms. The lowest BCUT2D eigenvalue weighted by molar-refractivity contribution is 0.388. The SMILES string of the molecule is CS(=O)(=O)N1CCN(c2ccccc2NC=C(C#N)c2nn[nH]n2)CC1. The maximum Gasteiger partial charge on any atom is 0.216 e. The Morgan fingerprint density at radius 1 is 1.31 bits per heavy atom. The van der Waals surface area contributed by atoms with E-state index in [0.717, 1.165) is 11.4 Å². The van der Waals surface area contributed by atoms with Gasteiger partial charge in [-0.1, -0.05) is 12.1 Å². The standard InChI is InChI=1S/C15H18N8O2S/c1-26(24,25)23-8-6-22(7-9-23)14-5-3-2-4-13(14)17-11-12(10-16)15-18-20-21-19-15/h2-5,11,17H,6-9H2,1H3,(H,18,19,20,21). The van der Waals surface area contributed by atoms with Crippen LogP contribution in [-0.2, 0) is 10.0 Å². The number of allylic oxidation sites excluding steroid dienone is 1. The fourth-order valence-electron chi connectivity index (χ4n) is 2.70. The van der Waals surface area contributed by atoms with Crippen LogP contribution in [0.25, 0.3) is 5.57 Å². The molecular weight excluding hydrogens is 356 g/mol. The van der Waals surface area contributed by atoms with Crippen molar-refractivity contribution in [2.75, 3.05) is 42.7 Å². The van der Waals surface area contributed by atoms with Crippen LogP contribution in [0.5, 0.6) is 0 Å². The number of anilines is 2. The molecule has 10 nitrogen and oxygen atoms in total. The summed E-state index contributed by atoms with van der Waals surface area (Å²) >= 11 is 0. The molecule has 2 aromatic rings. The third-order valence-electron chi connectivity index (χ3n) is 4.03. The molecule has 0 spiro atoms. The van der Waals surface area contributed by atoms with Crippen LogP contribution in [0.15, 0.2) is 30.5 Å². The molecule has 0 aliphatic carbocycles. The number of sulfonamides is 1. The van der Waals surface area contributed by atoms with Gasteiger partial charge in [-0.15, -0.1) is 10.2 Å². The number of tetrazole rings is 1. The third-order valence-corrected chi connectivity index (χ3v) is 5.33. The molecule has 3 rings (SSSR count). The first kappa shape index (κ1) is 17.8. The molecule has 136 valence electrons. The summed E-state index contributed by atoms with van der Waals surface area (Å²) in [6.45, 7) is 2.06. The zero-order valence-corrected chi connectivity index (χ0v) is 14.9. The summed E-state index contributed by atoms with van der Waals surface area (Å²) in [5, 5.41) is 25.7. The van der Waals surface area contributed by atoms with Crippen LogP contribution in [-0.4, -0.2) is 65.8 Å². The highest BCUT2D eigenvalue weighted by molar-refractivity contribution is 7.88. The molecular formula is C15H18N8O2S. The lowest BCUT2D eigenvalue weighted by Gasteiger charge is -2.35. The van der Waals surface area contributed by atoms with Crippen molar-refractivity contribution in [3.8, 4) is 6.07 Å². The molecule has 1 fully saturated rings. The summed E-state index contributed by atoms with van der Waals surface area (Å²) in [6, 6.07) is 9.66. The van der Waals surface area contributed by atoms with Crippen molar-refractivity contribution >= 4 is 27.0 Å². The fraction of sp³-hybridized carbons (Fsp3) is 0.333. The predicted octanol–water partition coefficient (Wildman–Crippen LogP) is 0.258. The van der Waals surface area contributed by atoms with Gasteiger partial charge >= 0.3 is 0 Å². The van der Waals surface area contributed by atoms with Gasteiger partial charge in [0.05, 0.1) is 17.6 Å². The summed E-state index contributed by atoms with van der Waals surface area (Å²) in [6.07, 6.45) is 2.75. The first-order valence-electron chi connectivity index (χ1n) is 7.89. The Hall–Kier alpha value is -2.97. The first-order valence-corrected chi connectivity index (χ1v) is 9.73. The molecule has 0 radical (unpaired) electrons. The Kier molecular flexibility index (Phi) is 5.15. The Labute approximate surface area is 151 Å². The number of hydrogen-bond donors (Lipinski definition) is 2. The number of H-pyrrole nitrogens is 1. The van der Waals surface area contributed by atoms with E-state index in [9.17, 15) is 13.7 Å². The molecule has 11 heteroatoms. The van der Waals surface area contributed by atoms with Gasteiger partial charge in [0.1, 0.15) is 11.6 Å². The second-order valence-electron chi connectivity index (χ2n) is 5.72. The van der Waals surface area contributed by atoms with Crippen LogP contribution in [0, 0.1) is 11.3 Å². The topological polar surface area (TPSA) is 131 Å². The van der Waals surface area contributed by atoms with Crippen LogP contribution in [0.1, 0.15) is 5.82 Å².